The van der Waals surface area contributed by atoms with Crippen LogP contribution in [0.4, 0.5) is 0 Å². The first kappa shape index (κ1) is 22.5. The van der Waals surface area contributed by atoms with E-state index in [-0.39, 0.29) is 5.91 Å². The molecule has 0 aliphatic rings. The summed E-state index contributed by atoms with van der Waals surface area (Å²) in [4.78, 5) is 18.8. The second-order valence-electron chi connectivity index (χ2n) is 6.85. The average Bonchev–Trinajstić information content (AvgIpc) is 3.14. The molecule has 1 aromatic heterocycles. The van der Waals surface area contributed by atoms with Crippen LogP contribution >= 0.6 is 0 Å². The highest BCUT2D eigenvalue weighted by Crippen LogP contribution is 2.16. The Morgan fingerprint density at radius 1 is 1.14 bits per heavy atom. The Kier molecular flexibility index (Phi) is 9.21. The van der Waals surface area contributed by atoms with Gasteiger partial charge in [-0.05, 0) is 18.9 Å². The van der Waals surface area contributed by atoms with Gasteiger partial charge in [-0.2, -0.15) is 0 Å². The van der Waals surface area contributed by atoms with Crippen molar-refractivity contribution < 1.29 is 9.32 Å². The maximum absolute atomic E-state index is 12.4. The van der Waals surface area contributed by atoms with E-state index in [9.17, 15) is 4.79 Å². The van der Waals surface area contributed by atoms with Crippen molar-refractivity contribution in [2.24, 2.45) is 4.99 Å². The molecule has 2 N–H and O–H groups in total. The van der Waals surface area contributed by atoms with E-state index in [0.29, 0.717) is 32.0 Å². The molecule has 0 aliphatic carbocycles. The zero-order chi connectivity index (χ0) is 21.1. The Hall–Kier alpha value is -2.83. The number of carbonyl (C=O) groups excluding carboxylic acids is 1. The molecular weight excluding hydrogens is 366 g/mol. The Labute approximate surface area is 173 Å². The number of guanidine groups is 1. The standard InChI is InChI=1S/C22H33N5O2/c1-5-19-18(20(6-2)29-26-19)15-25-22(23-7-3)24-14-13-21(28)27(4)16-17-11-9-8-10-12-17/h8-12H,5-7,13-16H2,1-4H3,(H2,23,24,25). The van der Waals surface area contributed by atoms with Crippen molar-refractivity contribution in [1.82, 2.24) is 20.7 Å². The molecule has 0 saturated carbocycles. The highest BCUT2D eigenvalue weighted by molar-refractivity contribution is 5.81. The van der Waals surface area contributed by atoms with Crippen LogP contribution in [0.25, 0.3) is 0 Å². The van der Waals surface area contributed by atoms with Gasteiger partial charge in [-0.25, -0.2) is 4.99 Å². The number of carbonyl (C=O) groups is 1. The number of benzene rings is 1. The van der Waals surface area contributed by atoms with Crippen molar-refractivity contribution in [2.45, 2.75) is 53.1 Å². The molecule has 7 nitrogen and oxygen atoms in total. The second kappa shape index (κ2) is 11.9. The molecule has 1 heterocycles. The van der Waals surface area contributed by atoms with Gasteiger partial charge in [-0.1, -0.05) is 49.3 Å². The van der Waals surface area contributed by atoms with Crippen molar-refractivity contribution in [2.75, 3.05) is 20.1 Å². The normalized spacial score (nSPS) is 11.4. The second-order valence-corrected chi connectivity index (χ2v) is 6.85. The lowest BCUT2D eigenvalue weighted by atomic mass is 10.1. The number of aliphatic imine (C=N–C) groups is 1. The Morgan fingerprint density at radius 2 is 1.90 bits per heavy atom. The first-order chi connectivity index (χ1) is 14.1. The molecule has 0 atom stereocenters. The van der Waals surface area contributed by atoms with Crippen LogP contribution in [0.15, 0.2) is 39.8 Å². The van der Waals surface area contributed by atoms with E-state index in [0.717, 1.165) is 42.0 Å². The van der Waals surface area contributed by atoms with Crippen LogP contribution < -0.4 is 10.6 Å². The van der Waals surface area contributed by atoms with Gasteiger partial charge in [0.1, 0.15) is 5.76 Å². The lowest BCUT2D eigenvalue weighted by Crippen LogP contribution is -2.39. The molecule has 0 saturated heterocycles. The number of amides is 1. The van der Waals surface area contributed by atoms with E-state index in [2.05, 4.69) is 27.7 Å². The van der Waals surface area contributed by atoms with Crippen molar-refractivity contribution in [3.8, 4) is 0 Å². The summed E-state index contributed by atoms with van der Waals surface area (Å²) >= 11 is 0. The van der Waals surface area contributed by atoms with Gasteiger partial charge in [0.15, 0.2) is 5.96 Å². The number of hydrogen-bond acceptors (Lipinski definition) is 4. The van der Waals surface area contributed by atoms with E-state index in [1.165, 1.54) is 0 Å². The van der Waals surface area contributed by atoms with Gasteiger partial charge >= 0.3 is 0 Å². The van der Waals surface area contributed by atoms with E-state index >= 15 is 0 Å². The summed E-state index contributed by atoms with van der Waals surface area (Å²) in [5.74, 6) is 1.67. The maximum atomic E-state index is 12.4. The zero-order valence-corrected chi connectivity index (χ0v) is 18.0. The quantitative estimate of drug-likeness (QED) is 0.474. The minimum absolute atomic E-state index is 0.0952. The highest BCUT2D eigenvalue weighted by atomic mass is 16.5. The minimum Gasteiger partial charge on any atom is -0.361 e. The Balaban J connectivity index is 1.88. The maximum Gasteiger partial charge on any atom is 0.224 e. The van der Waals surface area contributed by atoms with Gasteiger partial charge in [0, 0.05) is 45.1 Å². The van der Waals surface area contributed by atoms with E-state index < -0.39 is 0 Å². The third-order valence-electron chi connectivity index (χ3n) is 4.67. The van der Waals surface area contributed by atoms with Crippen LogP contribution in [0.1, 0.15) is 49.8 Å². The largest absolute Gasteiger partial charge is 0.361 e. The van der Waals surface area contributed by atoms with Crippen LogP contribution in [0.2, 0.25) is 0 Å². The summed E-state index contributed by atoms with van der Waals surface area (Å²) in [6.45, 7) is 8.52. The molecule has 0 spiro atoms. The first-order valence-corrected chi connectivity index (χ1v) is 10.3. The molecule has 158 valence electrons. The molecule has 0 fully saturated rings. The number of nitrogens with one attached hydrogen (secondary N) is 2. The third kappa shape index (κ3) is 6.93. The van der Waals surface area contributed by atoms with Gasteiger partial charge in [0.05, 0.1) is 12.2 Å². The monoisotopic (exact) mass is 399 g/mol. The minimum atomic E-state index is 0.0952. The summed E-state index contributed by atoms with van der Waals surface area (Å²) in [6, 6.07) is 9.99. The molecule has 0 radical (unpaired) electrons. The van der Waals surface area contributed by atoms with E-state index in [4.69, 9.17) is 4.52 Å². The topological polar surface area (TPSA) is 82.8 Å². The smallest absolute Gasteiger partial charge is 0.224 e. The van der Waals surface area contributed by atoms with Crippen LogP contribution in [0.5, 0.6) is 0 Å². The molecule has 0 unspecified atom stereocenters. The van der Waals surface area contributed by atoms with Crippen molar-refractivity contribution in [3.63, 3.8) is 0 Å². The lowest BCUT2D eigenvalue weighted by molar-refractivity contribution is -0.130. The van der Waals surface area contributed by atoms with Gasteiger partial charge in [0.25, 0.3) is 0 Å². The van der Waals surface area contributed by atoms with Crippen molar-refractivity contribution >= 4 is 11.9 Å². The fraction of sp³-hybridized carbons (Fsp3) is 0.500. The summed E-state index contributed by atoms with van der Waals surface area (Å²) in [5.41, 5.74) is 3.14. The Morgan fingerprint density at radius 3 is 2.55 bits per heavy atom. The van der Waals surface area contributed by atoms with E-state index in [1.54, 1.807) is 4.90 Å². The summed E-state index contributed by atoms with van der Waals surface area (Å²) in [5, 5.41) is 10.6. The molecule has 0 aliphatic heterocycles. The zero-order valence-electron chi connectivity index (χ0n) is 18.0. The Bertz CT molecular complexity index is 764. The lowest BCUT2D eigenvalue weighted by Gasteiger charge is -2.18. The van der Waals surface area contributed by atoms with Crippen LogP contribution in [0.3, 0.4) is 0 Å². The number of nitrogens with zero attached hydrogens (tertiary/aromatic N) is 3. The molecule has 0 bridgehead atoms. The first-order valence-electron chi connectivity index (χ1n) is 10.3. The molecule has 2 aromatic rings. The van der Waals surface area contributed by atoms with Crippen molar-refractivity contribution in [1.29, 1.82) is 0 Å². The number of aryl methyl sites for hydroxylation is 2. The summed E-state index contributed by atoms with van der Waals surface area (Å²) in [7, 11) is 1.83. The molecule has 7 heteroatoms. The van der Waals surface area contributed by atoms with Gasteiger partial charge in [-0.3, -0.25) is 4.79 Å². The number of rotatable bonds is 10. The van der Waals surface area contributed by atoms with Gasteiger partial charge in [0.2, 0.25) is 5.91 Å². The summed E-state index contributed by atoms with van der Waals surface area (Å²) in [6.07, 6.45) is 2.02. The van der Waals surface area contributed by atoms with Crippen LogP contribution in [-0.4, -0.2) is 42.1 Å². The van der Waals surface area contributed by atoms with Gasteiger partial charge < -0.3 is 20.1 Å². The number of hydrogen-bond donors (Lipinski definition) is 2. The molecule has 29 heavy (non-hydrogen) atoms. The van der Waals surface area contributed by atoms with Gasteiger partial charge in [-0.15, -0.1) is 0 Å². The van der Waals surface area contributed by atoms with E-state index in [1.807, 2.05) is 51.2 Å². The fourth-order valence-corrected chi connectivity index (χ4v) is 3.04. The third-order valence-corrected chi connectivity index (χ3v) is 4.67. The molecular formula is C22H33N5O2. The molecule has 1 amide bonds. The SMILES string of the molecule is CCNC(=NCc1c(CC)noc1CC)NCCC(=O)N(C)Cc1ccccc1. The molecule has 2 rings (SSSR count). The summed E-state index contributed by atoms with van der Waals surface area (Å²) < 4.78 is 5.41. The highest BCUT2D eigenvalue weighted by Gasteiger charge is 2.13. The number of aromatic nitrogens is 1. The predicted octanol–water partition coefficient (Wildman–Crippen LogP) is 2.90. The van der Waals surface area contributed by atoms with Crippen LogP contribution in [0, 0.1) is 0 Å². The fourth-order valence-electron chi connectivity index (χ4n) is 3.04. The molecule has 1 aromatic carbocycles. The van der Waals surface area contributed by atoms with Crippen LogP contribution in [-0.2, 0) is 30.7 Å². The predicted molar refractivity (Wildman–Crippen MR) is 116 cm³/mol. The van der Waals surface area contributed by atoms with Crippen molar-refractivity contribution in [3.05, 3.63) is 52.9 Å². The average molecular weight is 400 g/mol.